The standard InChI is InChI=1S/C14H23N3O/c1-8-5-6-12(7-8)16-10(3)13-9(2)15-11(4)17-14(13)18/h8,10,12,16H,5-7H2,1-4H3,(H,15,17,18). The zero-order valence-corrected chi connectivity index (χ0v) is 11.7. The molecule has 3 unspecified atom stereocenters. The van der Waals surface area contributed by atoms with Crippen molar-refractivity contribution in [1.29, 1.82) is 0 Å². The van der Waals surface area contributed by atoms with Gasteiger partial charge in [0.1, 0.15) is 5.82 Å². The third kappa shape index (κ3) is 2.80. The van der Waals surface area contributed by atoms with Gasteiger partial charge in [-0.05, 0) is 46.0 Å². The van der Waals surface area contributed by atoms with Crippen molar-refractivity contribution >= 4 is 0 Å². The van der Waals surface area contributed by atoms with E-state index in [0.29, 0.717) is 11.9 Å². The van der Waals surface area contributed by atoms with Gasteiger partial charge < -0.3 is 10.3 Å². The van der Waals surface area contributed by atoms with Gasteiger partial charge in [-0.1, -0.05) is 6.92 Å². The van der Waals surface area contributed by atoms with Gasteiger partial charge in [-0.2, -0.15) is 0 Å². The minimum absolute atomic E-state index is 0.00829. The summed E-state index contributed by atoms with van der Waals surface area (Å²) < 4.78 is 0. The number of nitrogens with one attached hydrogen (secondary N) is 2. The summed E-state index contributed by atoms with van der Waals surface area (Å²) in [6, 6.07) is 0.604. The third-order valence-corrected chi connectivity index (χ3v) is 3.88. The molecule has 18 heavy (non-hydrogen) atoms. The molecule has 1 aromatic rings. The molecule has 3 atom stereocenters. The Morgan fingerprint density at radius 1 is 1.39 bits per heavy atom. The Bertz CT molecular complexity index is 480. The largest absolute Gasteiger partial charge is 0.310 e. The molecule has 1 aromatic heterocycles. The summed E-state index contributed by atoms with van der Waals surface area (Å²) in [5.74, 6) is 1.48. The number of aromatic nitrogens is 2. The Morgan fingerprint density at radius 2 is 2.11 bits per heavy atom. The van der Waals surface area contributed by atoms with E-state index < -0.39 is 0 Å². The van der Waals surface area contributed by atoms with Crippen LogP contribution in [0.5, 0.6) is 0 Å². The van der Waals surface area contributed by atoms with E-state index in [1.54, 1.807) is 0 Å². The Hall–Kier alpha value is -1.16. The van der Waals surface area contributed by atoms with Gasteiger partial charge in [0.25, 0.3) is 5.56 Å². The Labute approximate surface area is 108 Å². The Balaban J connectivity index is 2.14. The molecular formula is C14H23N3O. The second-order valence-electron chi connectivity index (χ2n) is 5.65. The van der Waals surface area contributed by atoms with Crippen LogP contribution in [0.1, 0.15) is 56.2 Å². The highest BCUT2D eigenvalue weighted by molar-refractivity contribution is 5.20. The number of H-pyrrole nitrogens is 1. The van der Waals surface area contributed by atoms with Crippen LogP contribution >= 0.6 is 0 Å². The SMILES string of the molecule is Cc1nc(C)c(C(C)NC2CCC(C)C2)c(=O)[nH]1. The summed E-state index contributed by atoms with van der Waals surface area (Å²) in [7, 11) is 0. The summed E-state index contributed by atoms with van der Waals surface area (Å²) in [5, 5.41) is 3.57. The normalized spacial score (nSPS) is 25.3. The summed E-state index contributed by atoms with van der Waals surface area (Å²) in [4.78, 5) is 19.1. The molecule has 4 nitrogen and oxygen atoms in total. The molecular weight excluding hydrogens is 226 g/mol. The van der Waals surface area contributed by atoms with Crippen LogP contribution < -0.4 is 10.9 Å². The molecule has 0 aromatic carbocycles. The molecule has 0 radical (unpaired) electrons. The van der Waals surface area contributed by atoms with E-state index in [1.165, 1.54) is 19.3 Å². The molecule has 0 amide bonds. The van der Waals surface area contributed by atoms with Crippen LogP contribution in [-0.2, 0) is 0 Å². The smallest absolute Gasteiger partial charge is 0.255 e. The summed E-state index contributed by atoms with van der Waals surface area (Å²) in [6.07, 6.45) is 3.70. The molecule has 1 heterocycles. The molecule has 0 saturated heterocycles. The molecule has 1 fully saturated rings. The van der Waals surface area contributed by atoms with Crippen LogP contribution in [-0.4, -0.2) is 16.0 Å². The quantitative estimate of drug-likeness (QED) is 0.863. The Morgan fingerprint density at radius 3 is 2.67 bits per heavy atom. The van der Waals surface area contributed by atoms with E-state index in [-0.39, 0.29) is 11.6 Å². The number of rotatable bonds is 3. The molecule has 4 heteroatoms. The second-order valence-corrected chi connectivity index (χ2v) is 5.65. The monoisotopic (exact) mass is 249 g/mol. The lowest BCUT2D eigenvalue weighted by Crippen LogP contribution is -2.33. The fourth-order valence-corrected chi connectivity index (χ4v) is 3.04. The molecule has 0 bridgehead atoms. The van der Waals surface area contributed by atoms with Gasteiger partial charge in [0.05, 0.1) is 5.56 Å². The van der Waals surface area contributed by atoms with Gasteiger partial charge in [0.15, 0.2) is 0 Å². The highest BCUT2D eigenvalue weighted by Crippen LogP contribution is 2.26. The first-order valence-electron chi connectivity index (χ1n) is 6.81. The van der Waals surface area contributed by atoms with Crippen LogP contribution in [0.15, 0.2) is 4.79 Å². The fourth-order valence-electron chi connectivity index (χ4n) is 3.04. The van der Waals surface area contributed by atoms with Crippen molar-refractivity contribution in [2.75, 3.05) is 0 Å². The number of aryl methyl sites for hydroxylation is 2. The van der Waals surface area contributed by atoms with Crippen LogP contribution in [0.3, 0.4) is 0 Å². The maximum atomic E-state index is 12.0. The van der Waals surface area contributed by atoms with Gasteiger partial charge in [-0.15, -0.1) is 0 Å². The van der Waals surface area contributed by atoms with E-state index in [9.17, 15) is 4.79 Å². The predicted molar refractivity (Wildman–Crippen MR) is 72.7 cm³/mol. The first kappa shape index (κ1) is 13.3. The van der Waals surface area contributed by atoms with Gasteiger partial charge in [0, 0.05) is 17.8 Å². The van der Waals surface area contributed by atoms with E-state index in [1.807, 2.05) is 13.8 Å². The lowest BCUT2D eigenvalue weighted by atomic mass is 10.1. The van der Waals surface area contributed by atoms with Crippen LogP contribution in [0.25, 0.3) is 0 Å². The lowest BCUT2D eigenvalue weighted by Gasteiger charge is -2.20. The first-order chi connectivity index (χ1) is 8.47. The van der Waals surface area contributed by atoms with Crippen LogP contribution in [0, 0.1) is 19.8 Å². The first-order valence-corrected chi connectivity index (χ1v) is 6.81. The molecule has 1 aliphatic carbocycles. The maximum Gasteiger partial charge on any atom is 0.255 e. The summed E-state index contributed by atoms with van der Waals surface area (Å²) >= 11 is 0. The predicted octanol–water partition coefficient (Wildman–Crippen LogP) is 2.23. The van der Waals surface area contributed by atoms with Gasteiger partial charge in [-0.25, -0.2) is 4.98 Å². The molecule has 1 aliphatic rings. The van der Waals surface area contributed by atoms with Crippen molar-refractivity contribution in [1.82, 2.24) is 15.3 Å². The van der Waals surface area contributed by atoms with Crippen LogP contribution in [0.4, 0.5) is 0 Å². The van der Waals surface area contributed by atoms with Gasteiger partial charge >= 0.3 is 0 Å². The van der Waals surface area contributed by atoms with Crippen molar-refractivity contribution in [3.8, 4) is 0 Å². The van der Waals surface area contributed by atoms with Crippen molar-refractivity contribution in [3.05, 3.63) is 27.4 Å². The number of nitrogens with zero attached hydrogens (tertiary/aromatic N) is 1. The molecule has 2 N–H and O–H groups in total. The zero-order valence-electron chi connectivity index (χ0n) is 11.7. The summed E-state index contributed by atoms with van der Waals surface area (Å²) in [6.45, 7) is 8.07. The minimum Gasteiger partial charge on any atom is -0.310 e. The van der Waals surface area contributed by atoms with Crippen molar-refractivity contribution in [2.24, 2.45) is 5.92 Å². The average Bonchev–Trinajstić information content (AvgIpc) is 2.62. The van der Waals surface area contributed by atoms with Gasteiger partial charge in [0.2, 0.25) is 0 Å². The highest BCUT2D eigenvalue weighted by Gasteiger charge is 2.24. The van der Waals surface area contributed by atoms with E-state index >= 15 is 0 Å². The number of aromatic amines is 1. The van der Waals surface area contributed by atoms with Crippen molar-refractivity contribution < 1.29 is 0 Å². The fraction of sp³-hybridized carbons (Fsp3) is 0.714. The topological polar surface area (TPSA) is 57.8 Å². The van der Waals surface area contributed by atoms with E-state index in [2.05, 4.69) is 29.1 Å². The number of hydrogen-bond donors (Lipinski definition) is 2. The maximum absolute atomic E-state index is 12.0. The minimum atomic E-state index is -0.00829. The molecule has 100 valence electrons. The van der Waals surface area contributed by atoms with Crippen molar-refractivity contribution in [2.45, 2.75) is 59.0 Å². The van der Waals surface area contributed by atoms with E-state index in [4.69, 9.17) is 0 Å². The van der Waals surface area contributed by atoms with Gasteiger partial charge in [-0.3, -0.25) is 4.79 Å². The second kappa shape index (κ2) is 5.22. The van der Waals surface area contributed by atoms with E-state index in [0.717, 1.165) is 17.2 Å². The number of hydrogen-bond acceptors (Lipinski definition) is 3. The summed E-state index contributed by atoms with van der Waals surface area (Å²) in [5.41, 5.74) is 1.61. The van der Waals surface area contributed by atoms with Crippen LogP contribution in [0.2, 0.25) is 0 Å². The highest BCUT2D eigenvalue weighted by atomic mass is 16.1. The molecule has 0 aliphatic heterocycles. The average molecular weight is 249 g/mol. The zero-order chi connectivity index (χ0) is 13.3. The Kier molecular flexibility index (Phi) is 3.85. The third-order valence-electron chi connectivity index (χ3n) is 3.88. The lowest BCUT2D eigenvalue weighted by molar-refractivity contribution is 0.444. The molecule has 2 rings (SSSR count). The molecule has 0 spiro atoms. The van der Waals surface area contributed by atoms with Crippen molar-refractivity contribution in [3.63, 3.8) is 0 Å². The molecule has 1 saturated carbocycles.